The highest BCUT2D eigenvalue weighted by Crippen LogP contribution is 2.10. The number of nitrogens with one attached hydrogen (secondary N) is 1. The van der Waals surface area contributed by atoms with Crippen molar-refractivity contribution in [1.82, 2.24) is 5.32 Å². The van der Waals surface area contributed by atoms with Crippen molar-refractivity contribution in [2.45, 2.75) is 51.9 Å². The van der Waals surface area contributed by atoms with E-state index in [1.807, 2.05) is 12.5 Å². The minimum Gasteiger partial charge on any atom is -0.391 e. The lowest BCUT2D eigenvalue weighted by atomic mass is 10.1. The highest BCUT2D eigenvalue weighted by atomic mass is 32.1. The third-order valence-electron chi connectivity index (χ3n) is 2.28. The second-order valence-electron chi connectivity index (χ2n) is 3.42. The number of hydrogen-bond acceptors (Lipinski definition) is 2. The quantitative estimate of drug-likeness (QED) is 0.450. The Labute approximate surface area is 88.4 Å². The van der Waals surface area contributed by atoms with Crippen molar-refractivity contribution in [1.29, 1.82) is 0 Å². The molecule has 0 aromatic heterocycles. The molecule has 0 atom stereocenters. The van der Waals surface area contributed by atoms with Crippen LogP contribution in [0.4, 0.5) is 0 Å². The van der Waals surface area contributed by atoms with Crippen molar-refractivity contribution in [3.8, 4) is 0 Å². The number of rotatable bonds is 8. The third kappa shape index (κ3) is 8.23. The second-order valence-corrected chi connectivity index (χ2v) is 3.68. The van der Waals surface area contributed by atoms with E-state index < -0.39 is 0 Å². The van der Waals surface area contributed by atoms with Gasteiger partial charge >= 0.3 is 0 Å². The van der Waals surface area contributed by atoms with E-state index in [2.05, 4.69) is 24.9 Å². The lowest BCUT2D eigenvalue weighted by molar-refractivity contribution is 0.600. The Bertz CT molecular complexity index is 132. The molecule has 0 aliphatic rings. The van der Waals surface area contributed by atoms with Gasteiger partial charge in [-0.15, -0.1) is 12.6 Å². The SMILES string of the molecule is CCCCCCCC/C(=C/S)NC. The first-order valence-corrected chi connectivity index (χ1v) is 5.87. The standard InChI is InChI=1S/C11H23NS/c1-3-4-5-6-7-8-9-11(10-13)12-2/h10,12-13H,3-9H2,1-2H3/b11-10-. The molecule has 0 spiro atoms. The first kappa shape index (κ1) is 12.9. The molecule has 13 heavy (non-hydrogen) atoms. The van der Waals surface area contributed by atoms with Gasteiger partial charge in [0.2, 0.25) is 0 Å². The molecule has 0 rings (SSSR count). The predicted molar refractivity (Wildman–Crippen MR) is 64.1 cm³/mol. The van der Waals surface area contributed by atoms with Gasteiger partial charge in [-0.3, -0.25) is 0 Å². The van der Waals surface area contributed by atoms with Crippen molar-refractivity contribution in [2.24, 2.45) is 0 Å². The maximum atomic E-state index is 4.13. The summed E-state index contributed by atoms with van der Waals surface area (Å²) in [6.45, 7) is 2.25. The zero-order valence-corrected chi connectivity index (χ0v) is 9.87. The van der Waals surface area contributed by atoms with Gasteiger partial charge in [0.15, 0.2) is 0 Å². The van der Waals surface area contributed by atoms with E-state index in [1.54, 1.807) is 0 Å². The fraction of sp³-hybridized carbons (Fsp3) is 0.818. The lowest BCUT2D eigenvalue weighted by Gasteiger charge is -2.04. The van der Waals surface area contributed by atoms with Crippen LogP contribution in [0, 0.1) is 0 Å². The lowest BCUT2D eigenvalue weighted by Crippen LogP contribution is -2.04. The summed E-state index contributed by atoms with van der Waals surface area (Å²) in [6.07, 6.45) is 9.29. The van der Waals surface area contributed by atoms with Crippen molar-refractivity contribution in [3.63, 3.8) is 0 Å². The molecular formula is C11H23NS. The van der Waals surface area contributed by atoms with Gasteiger partial charge in [-0.1, -0.05) is 39.0 Å². The molecule has 0 radical (unpaired) electrons. The fourth-order valence-corrected chi connectivity index (χ4v) is 1.61. The van der Waals surface area contributed by atoms with Gasteiger partial charge in [-0.05, 0) is 18.2 Å². The minimum atomic E-state index is 1.14. The molecule has 0 amide bonds. The van der Waals surface area contributed by atoms with Crippen LogP contribution >= 0.6 is 12.6 Å². The van der Waals surface area contributed by atoms with Crippen molar-refractivity contribution in [3.05, 3.63) is 11.1 Å². The minimum absolute atomic E-state index is 1.14. The maximum Gasteiger partial charge on any atom is 0.0165 e. The molecule has 1 nitrogen and oxygen atoms in total. The van der Waals surface area contributed by atoms with Crippen LogP contribution in [-0.2, 0) is 0 Å². The molecule has 0 bridgehead atoms. The molecule has 0 unspecified atom stereocenters. The Kier molecular flexibility index (Phi) is 9.89. The van der Waals surface area contributed by atoms with Gasteiger partial charge in [-0.25, -0.2) is 0 Å². The average molecular weight is 201 g/mol. The molecular weight excluding hydrogens is 178 g/mol. The van der Waals surface area contributed by atoms with E-state index in [-0.39, 0.29) is 0 Å². The van der Waals surface area contributed by atoms with E-state index >= 15 is 0 Å². The van der Waals surface area contributed by atoms with Crippen LogP contribution in [0.15, 0.2) is 11.1 Å². The maximum absolute atomic E-state index is 4.13. The first-order valence-electron chi connectivity index (χ1n) is 5.36. The van der Waals surface area contributed by atoms with Crippen LogP contribution < -0.4 is 5.32 Å². The van der Waals surface area contributed by atoms with E-state index in [0.717, 1.165) is 6.42 Å². The molecule has 0 aromatic rings. The van der Waals surface area contributed by atoms with E-state index in [4.69, 9.17) is 0 Å². The Morgan fingerprint density at radius 1 is 1.15 bits per heavy atom. The van der Waals surface area contributed by atoms with Crippen molar-refractivity contribution in [2.75, 3.05) is 7.05 Å². The van der Waals surface area contributed by atoms with Crippen LogP contribution in [0.2, 0.25) is 0 Å². The van der Waals surface area contributed by atoms with Gasteiger partial charge in [-0.2, -0.15) is 0 Å². The number of allylic oxidation sites excluding steroid dienone is 1. The molecule has 2 heteroatoms. The topological polar surface area (TPSA) is 12.0 Å². The number of hydrogen-bond donors (Lipinski definition) is 2. The highest BCUT2D eigenvalue weighted by Gasteiger charge is 1.93. The third-order valence-corrected chi connectivity index (χ3v) is 2.59. The van der Waals surface area contributed by atoms with Gasteiger partial charge < -0.3 is 5.32 Å². The summed E-state index contributed by atoms with van der Waals surface area (Å²) in [4.78, 5) is 0. The van der Waals surface area contributed by atoms with Crippen molar-refractivity contribution < 1.29 is 0 Å². The summed E-state index contributed by atoms with van der Waals surface area (Å²) < 4.78 is 0. The molecule has 0 saturated carbocycles. The Morgan fingerprint density at radius 2 is 1.77 bits per heavy atom. The first-order chi connectivity index (χ1) is 6.35. The zero-order chi connectivity index (χ0) is 9.94. The zero-order valence-electron chi connectivity index (χ0n) is 8.97. The second kappa shape index (κ2) is 9.97. The largest absolute Gasteiger partial charge is 0.391 e. The van der Waals surface area contributed by atoms with E-state index in [0.29, 0.717) is 0 Å². The molecule has 0 heterocycles. The van der Waals surface area contributed by atoms with Crippen LogP contribution in [0.25, 0.3) is 0 Å². The number of unbranched alkanes of at least 4 members (excludes halogenated alkanes) is 5. The summed E-state index contributed by atoms with van der Waals surface area (Å²) in [5, 5.41) is 5.01. The van der Waals surface area contributed by atoms with E-state index in [1.165, 1.54) is 44.2 Å². The molecule has 1 N–H and O–H groups in total. The van der Waals surface area contributed by atoms with Gasteiger partial charge in [0.25, 0.3) is 0 Å². The van der Waals surface area contributed by atoms with Crippen molar-refractivity contribution >= 4 is 12.6 Å². The highest BCUT2D eigenvalue weighted by molar-refractivity contribution is 7.83. The van der Waals surface area contributed by atoms with Crippen LogP contribution in [0.1, 0.15) is 51.9 Å². The number of thiol groups is 1. The molecule has 0 aromatic carbocycles. The summed E-state index contributed by atoms with van der Waals surface area (Å²) in [5.41, 5.74) is 1.25. The Morgan fingerprint density at radius 3 is 2.31 bits per heavy atom. The molecule has 0 aliphatic carbocycles. The van der Waals surface area contributed by atoms with Crippen LogP contribution in [0.5, 0.6) is 0 Å². The normalized spacial score (nSPS) is 11.8. The van der Waals surface area contributed by atoms with Crippen LogP contribution in [-0.4, -0.2) is 7.05 Å². The Balaban J connectivity index is 3.15. The van der Waals surface area contributed by atoms with Gasteiger partial charge in [0.1, 0.15) is 0 Å². The van der Waals surface area contributed by atoms with Gasteiger partial charge in [0, 0.05) is 12.7 Å². The molecule has 0 aliphatic heterocycles. The molecule has 0 fully saturated rings. The fourth-order valence-electron chi connectivity index (χ4n) is 1.35. The average Bonchev–Trinajstić information content (AvgIpc) is 2.17. The van der Waals surface area contributed by atoms with Crippen LogP contribution in [0.3, 0.4) is 0 Å². The molecule has 78 valence electrons. The summed E-state index contributed by atoms with van der Waals surface area (Å²) in [5.74, 6) is 0. The Hall–Kier alpha value is -0.110. The van der Waals surface area contributed by atoms with E-state index in [9.17, 15) is 0 Å². The van der Waals surface area contributed by atoms with Gasteiger partial charge in [0.05, 0.1) is 0 Å². The predicted octanol–water partition coefficient (Wildman–Crippen LogP) is 3.73. The molecule has 0 saturated heterocycles. The summed E-state index contributed by atoms with van der Waals surface area (Å²) in [7, 11) is 1.96. The summed E-state index contributed by atoms with van der Waals surface area (Å²) >= 11 is 4.13. The summed E-state index contributed by atoms with van der Waals surface area (Å²) in [6, 6.07) is 0. The smallest absolute Gasteiger partial charge is 0.0165 e. The monoisotopic (exact) mass is 201 g/mol.